The molecule has 118 valence electrons. The van der Waals surface area contributed by atoms with E-state index in [2.05, 4.69) is 5.32 Å². The van der Waals surface area contributed by atoms with Crippen molar-refractivity contribution in [1.82, 2.24) is 5.32 Å². The van der Waals surface area contributed by atoms with E-state index in [4.69, 9.17) is 4.74 Å². The van der Waals surface area contributed by atoms with E-state index in [1.807, 2.05) is 52.0 Å². The highest BCUT2D eigenvalue weighted by molar-refractivity contribution is 5.78. The number of amides is 1. The maximum Gasteiger partial charge on any atom is 0.224 e. The highest BCUT2D eigenvalue weighted by Gasteiger charge is 2.21. The van der Waals surface area contributed by atoms with Crippen molar-refractivity contribution in [3.05, 3.63) is 29.8 Å². The summed E-state index contributed by atoms with van der Waals surface area (Å²) in [4.78, 5) is 11.8. The Labute approximate surface area is 127 Å². The third-order valence-electron chi connectivity index (χ3n) is 3.34. The van der Waals surface area contributed by atoms with E-state index < -0.39 is 6.10 Å². The fourth-order valence-electron chi connectivity index (χ4n) is 1.90. The Kier molecular flexibility index (Phi) is 6.69. The average Bonchev–Trinajstić information content (AvgIpc) is 2.40. The molecule has 0 aliphatic carbocycles. The minimum absolute atomic E-state index is 0.0275. The highest BCUT2D eigenvalue weighted by atomic mass is 16.5. The average molecular weight is 293 g/mol. The van der Waals surface area contributed by atoms with Gasteiger partial charge < -0.3 is 15.2 Å². The molecule has 2 N–H and O–H groups in total. The van der Waals surface area contributed by atoms with Gasteiger partial charge in [-0.3, -0.25) is 4.79 Å². The van der Waals surface area contributed by atoms with Gasteiger partial charge in [0.2, 0.25) is 5.91 Å². The minimum atomic E-state index is -0.414. The summed E-state index contributed by atoms with van der Waals surface area (Å²) in [6.07, 6.45) is 0.500. The molecule has 0 heterocycles. The van der Waals surface area contributed by atoms with Crippen molar-refractivity contribution in [1.29, 1.82) is 0 Å². The lowest BCUT2D eigenvalue weighted by molar-refractivity contribution is -0.120. The van der Waals surface area contributed by atoms with Crippen LogP contribution in [0.4, 0.5) is 0 Å². The zero-order valence-corrected chi connectivity index (χ0v) is 13.5. The third kappa shape index (κ3) is 6.63. The molecule has 1 aromatic rings. The first-order valence-electron chi connectivity index (χ1n) is 7.49. The molecule has 0 saturated heterocycles. The van der Waals surface area contributed by atoms with Crippen LogP contribution < -0.4 is 10.1 Å². The van der Waals surface area contributed by atoms with Gasteiger partial charge in [-0.05, 0) is 36.5 Å². The smallest absolute Gasteiger partial charge is 0.224 e. The number of ether oxygens (including phenoxy) is 1. The molecule has 0 aromatic heterocycles. The fourth-order valence-corrected chi connectivity index (χ4v) is 1.90. The Bertz CT molecular complexity index is 434. The molecular formula is C17H27NO3. The Morgan fingerprint density at radius 1 is 1.29 bits per heavy atom. The Balaban J connectivity index is 2.33. The van der Waals surface area contributed by atoms with Crippen LogP contribution in [0.1, 0.15) is 39.7 Å². The number of rotatable bonds is 7. The summed E-state index contributed by atoms with van der Waals surface area (Å²) in [7, 11) is 0. The van der Waals surface area contributed by atoms with Crippen molar-refractivity contribution in [2.24, 2.45) is 5.41 Å². The molecule has 4 nitrogen and oxygen atoms in total. The van der Waals surface area contributed by atoms with Crippen LogP contribution in [0.5, 0.6) is 5.75 Å². The van der Waals surface area contributed by atoms with Crippen molar-refractivity contribution >= 4 is 5.91 Å². The summed E-state index contributed by atoms with van der Waals surface area (Å²) >= 11 is 0. The summed E-state index contributed by atoms with van der Waals surface area (Å²) in [5, 5.41) is 12.7. The minimum Gasteiger partial charge on any atom is -0.494 e. The van der Waals surface area contributed by atoms with Crippen LogP contribution in [-0.4, -0.2) is 30.3 Å². The van der Waals surface area contributed by atoms with Gasteiger partial charge >= 0.3 is 0 Å². The van der Waals surface area contributed by atoms with Crippen molar-refractivity contribution in [3.8, 4) is 5.75 Å². The second-order valence-electron chi connectivity index (χ2n) is 6.27. The van der Waals surface area contributed by atoms with E-state index in [-0.39, 0.29) is 11.3 Å². The first-order chi connectivity index (χ1) is 9.82. The van der Waals surface area contributed by atoms with E-state index in [9.17, 15) is 9.90 Å². The van der Waals surface area contributed by atoms with Crippen molar-refractivity contribution in [3.63, 3.8) is 0 Å². The molecule has 1 amide bonds. The van der Waals surface area contributed by atoms with E-state index in [0.717, 1.165) is 11.3 Å². The standard InChI is InChI=1S/C17H27NO3/c1-5-21-14-8-6-13(7-9-14)12-16(20)18-11-10-15(19)17(2,3)4/h6-9,15,19H,5,10-12H2,1-4H3,(H,18,20)/t15-/m0/s1. The molecule has 0 saturated carbocycles. The molecule has 0 unspecified atom stereocenters. The predicted molar refractivity (Wildman–Crippen MR) is 84.4 cm³/mol. The molecule has 1 aromatic carbocycles. The zero-order valence-electron chi connectivity index (χ0n) is 13.5. The van der Waals surface area contributed by atoms with Crippen LogP contribution in [0.25, 0.3) is 0 Å². The number of hydrogen-bond acceptors (Lipinski definition) is 3. The summed E-state index contributed by atoms with van der Waals surface area (Å²) < 4.78 is 5.36. The Morgan fingerprint density at radius 2 is 1.90 bits per heavy atom. The molecule has 0 fully saturated rings. The number of aliphatic hydroxyl groups is 1. The van der Waals surface area contributed by atoms with Gasteiger partial charge in [0.05, 0.1) is 19.1 Å². The maximum atomic E-state index is 11.8. The number of aliphatic hydroxyl groups excluding tert-OH is 1. The molecule has 1 atom stereocenters. The van der Waals surface area contributed by atoms with Crippen LogP contribution in [0, 0.1) is 5.41 Å². The Morgan fingerprint density at radius 3 is 2.43 bits per heavy atom. The molecule has 21 heavy (non-hydrogen) atoms. The molecule has 4 heteroatoms. The van der Waals surface area contributed by atoms with E-state index >= 15 is 0 Å². The van der Waals surface area contributed by atoms with E-state index in [0.29, 0.717) is 26.0 Å². The lowest BCUT2D eigenvalue weighted by atomic mass is 9.87. The van der Waals surface area contributed by atoms with Crippen LogP contribution in [-0.2, 0) is 11.2 Å². The maximum absolute atomic E-state index is 11.8. The van der Waals surface area contributed by atoms with Gasteiger partial charge in [-0.1, -0.05) is 32.9 Å². The van der Waals surface area contributed by atoms with Gasteiger partial charge in [-0.25, -0.2) is 0 Å². The predicted octanol–water partition coefficient (Wildman–Crippen LogP) is 2.54. The first-order valence-corrected chi connectivity index (χ1v) is 7.49. The summed E-state index contributed by atoms with van der Waals surface area (Å²) in [5.41, 5.74) is 0.798. The van der Waals surface area contributed by atoms with Crippen molar-refractivity contribution < 1.29 is 14.6 Å². The monoisotopic (exact) mass is 293 g/mol. The molecule has 0 aliphatic rings. The fraction of sp³-hybridized carbons (Fsp3) is 0.588. The molecule has 0 bridgehead atoms. The number of carbonyl (C=O) groups excluding carboxylic acids is 1. The van der Waals surface area contributed by atoms with Gasteiger partial charge in [0, 0.05) is 6.54 Å². The Hall–Kier alpha value is -1.55. The van der Waals surface area contributed by atoms with Gasteiger partial charge in [-0.2, -0.15) is 0 Å². The van der Waals surface area contributed by atoms with Crippen LogP contribution in [0.3, 0.4) is 0 Å². The molecular weight excluding hydrogens is 266 g/mol. The van der Waals surface area contributed by atoms with Crippen LogP contribution in [0.2, 0.25) is 0 Å². The lowest BCUT2D eigenvalue weighted by Gasteiger charge is -2.25. The normalized spacial score (nSPS) is 12.8. The van der Waals surface area contributed by atoms with Crippen molar-refractivity contribution in [2.45, 2.75) is 46.6 Å². The highest BCUT2D eigenvalue weighted by Crippen LogP contribution is 2.20. The van der Waals surface area contributed by atoms with Crippen LogP contribution >= 0.6 is 0 Å². The molecule has 0 aliphatic heterocycles. The molecule has 1 rings (SSSR count). The SMILES string of the molecule is CCOc1ccc(CC(=O)NCC[C@H](O)C(C)(C)C)cc1. The second-order valence-corrected chi connectivity index (χ2v) is 6.27. The van der Waals surface area contributed by atoms with Crippen LogP contribution in [0.15, 0.2) is 24.3 Å². The zero-order chi connectivity index (χ0) is 15.9. The van der Waals surface area contributed by atoms with E-state index in [1.54, 1.807) is 0 Å². The van der Waals surface area contributed by atoms with Crippen molar-refractivity contribution in [2.75, 3.05) is 13.2 Å². The largest absolute Gasteiger partial charge is 0.494 e. The second kappa shape index (κ2) is 8.03. The number of carbonyl (C=O) groups is 1. The van der Waals surface area contributed by atoms with Gasteiger partial charge in [0.15, 0.2) is 0 Å². The van der Waals surface area contributed by atoms with Gasteiger partial charge in [0.1, 0.15) is 5.75 Å². The molecule has 0 radical (unpaired) electrons. The number of hydrogen-bond donors (Lipinski definition) is 2. The topological polar surface area (TPSA) is 58.6 Å². The number of nitrogens with one attached hydrogen (secondary N) is 1. The summed E-state index contributed by atoms with van der Waals surface area (Å²) in [6, 6.07) is 7.54. The third-order valence-corrected chi connectivity index (χ3v) is 3.34. The quantitative estimate of drug-likeness (QED) is 0.812. The molecule has 0 spiro atoms. The van der Waals surface area contributed by atoms with E-state index in [1.165, 1.54) is 0 Å². The summed E-state index contributed by atoms with van der Waals surface area (Å²) in [6.45, 7) is 9.02. The lowest BCUT2D eigenvalue weighted by Crippen LogP contribution is -2.33. The summed E-state index contributed by atoms with van der Waals surface area (Å²) in [5.74, 6) is 0.787. The van der Waals surface area contributed by atoms with Gasteiger partial charge in [-0.15, -0.1) is 0 Å². The van der Waals surface area contributed by atoms with Gasteiger partial charge in [0.25, 0.3) is 0 Å². The number of benzene rings is 1. The first kappa shape index (κ1) is 17.5.